The molecule has 1 aliphatic rings. The Bertz CT molecular complexity index is 689. The minimum atomic E-state index is -0.0775. The van der Waals surface area contributed by atoms with Crippen LogP contribution in [0.1, 0.15) is 124 Å². The van der Waals surface area contributed by atoms with Crippen molar-refractivity contribution in [1.29, 1.82) is 0 Å². The fourth-order valence-corrected chi connectivity index (χ4v) is 4.56. The molecule has 2 unspecified atom stereocenters. The summed E-state index contributed by atoms with van der Waals surface area (Å²) in [5.74, 6) is 3.01. The third-order valence-electron chi connectivity index (χ3n) is 6.06. The van der Waals surface area contributed by atoms with Crippen LogP contribution in [0.2, 0.25) is 0 Å². The van der Waals surface area contributed by atoms with Gasteiger partial charge in [-0.3, -0.25) is 0 Å². The van der Waals surface area contributed by atoms with Gasteiger partial charge in [0.1, 0.15) is 11.4 Å². The Labute approximate surface area is 206 Å². The first-order valence-corrected chi connectivity index (χ1v) is 13.3. The van der Waals surface area contributed by atoms with Gasteiger partial charge in [0.25, 0.3) is 0 Å². The summed E-state index contributed by atoms with van der Waals surface area (Å²) in [5, 5.41) is 0. The van der Waals surface area contributed by atoms with E-state index in [1.807, 2.05) is 41.5 Å². The van der Waals surface area contributed by atoms with E-state index in [0.29, 0.717) is 17.9 Å². The van der Waals surface area contributed by atoms with Crippen LogP contribution in [0, 0.1) is 12.8 Å². The van der Waals surface area contributed by atoms with Gasteiger partial charge in [0, 0.05) is 0 Å². The van der Waals surface area contributed by atoms with Gasteiger partial charge in [0.2, 0.25) is 0 Å². The molecule has 0 saturated heterocycles. The summed E-state index contributed by atoms with van der Waals surface area (Å²) in [4.78, 5) is 0. The van der Waals surface area contributed by atoms with Crippen LogP contribution in [0.15, 0.2) is 42.7 Å². The maximum Gasteiger partial charge on any atom is 0.122 e. The maximum absolute atomic E-state index is 6.32. The van der Waals surface area contributed by atoms with E-state index in [2.05, 4.69) is 59.1 Å². The van der Waals surface area contributed by atoms with Gasteiger partial charge in [-0.15, -0.1) is 0 Å². The van der Waals surface area contributed by atoms with Gasteiger partial charge in [0.05, 0.1) is 11.9 Å². The molecule has 2 heteroatoms. The number of hydrogen-bond acceptors (Lipinski definition) is 2. The Kier molecular flexibility index (Phi) is 15.2. The van der Waals surface area contributed by atoms with Crippen molar-refractivity contribution in [2.75, 3.05) is 0 Å². The summed E-state index contributed by atoms with van der Waals surface area (Å²) < 4.78 is 11.6. The van der Waals surface area contributed by atoms with E-state index >= 15 is 0 Å². The van der Waals surface area contributed by atoms with Gasteiger partial charge in [-0.1, -0.05) is 65.5 Å². The Balaban J connectivity index is 0.000000868. The molecule has 0 amide bonds. The predicted molar refractivity (Wildman–Crippen MR) is 147 cm³/mol. The van der Waals surface area contributed by atoms with Crippen molar-refractivity contribution in [3.05, 3.63) is 53.8 Å². The molecule has 0 aliphatic heterocycles. The molecule has 1 aromatic carbocycles. The van der Waals surface area contributed by atoms with Crippen molar-refractivity contribution < 1.29 is 9.47 Å². The Morgan fingerprint density at radius 1 is 1.03 bits per heavy atom. The third kappa shape index (κ3) is 11.8. The van der Waals surface area contributed by atoms with E-state index in [0.717, 1.165) is 30.8 Å². The largest absolute Gasteiger partial charge is 0.493 e. The molecule has 0 heterocycles. The summed E-state index contributed by atoms with van der Waals surface area (Å²) in [5.41, 5.74) is 4.00. The van der Waals surface area contributed by atoms with E-state index in [1.54, 1.807) is 0 Å². The van der Waals surface area contributed by atoms with E-state index in [4.69, 9.17) is 9.47 Å². The average molecular weight is 459 g/mol. The smallest absolute Gasteiger partial charge is 0.122 e. The van der Waals surface area contributed by atoms with Crippen LogP contribution < -0.4 is 4.74 Å². The third-order valence-corrected chi connectivity index (χ3v) is 6.06. The molecule has 0 radical (unpaired) electrons. The SMILES string of the molecule is C=C(C)OC(C)(C)C.C=C(CC)C(CC)C(CC)c1ccc(C)c(OC2CCCC2)c1.CC. The lowest BCUT2D eigenvalue weighted by atomic mass is 9.77. The summed E-state index contributed by atoms with van der Waals surface area (Å²) in [6.45, 7) is 28.8. The second-order valence-corrected chi connectivity index (χ2v) is 10.0. The van der Waals surface area contributed by atoms with Crippen molar-refractivity contribution in [1.82, 2.24) is 0 Å². The fourth-order valence-electron chi connectivity index (χ4n) is 4.56. The van der Waals surface area contributed by atoms with Crippen molar-refractivity contribution in [2.45, 2.75) is 132 Å². The zero-order valence-electron chi connectivity index (χ0n) is 23.6. The van der Waals surface area contributed by atoms with Crippen LogP contribution in [0.5, 0.6) is 5.75 Å². The van der Waals surface area contributed by atoms with Crippen LogP contribution in [-0.4, -0.2) is 11.7 Å². The van der Waals surface area contributed by atoms with E-state index < -0.39 is 0 Å². The molecule has 0 N–H and O–H groups in total. The topological polar surface area (TPSA) is 18.5 Å². The van der Waals surface area contributed by atoms with Gasteiger partial charge >= 0.3 is 0 Å². The van der Waals surface area contributed by atoms with E-state index in [-0.39, 0.29) is 5.60 Å². The number of hydrogen-bond donors (Lipinski definition) is 0. The Morgan fingerprint density at radius 3 is 2.00 bits per heavy atom. The van der Waals surface area contributed by atoms with Crippen molar-refractivity contribution in [2.24, 2.45) is 5.92 Å². The van der Waals surface area contributed by atoms with Crippen LogP contribution >= 0.6 is 0 Å². The van der Waals surface area contributed by atoms with Crippen molar-refractivity contribution >= 4 is 0 Å². The van der Waals surface area contributed by atoms with Crippen LogP contribution in [0.4, 0.5) is 0 Å². The fraction of sp³-hybridized carbons (Fsp3) is 0.677. The molecule has 2 rings (SSSR count). The van der Waals surface area contributed by atoms with Crippen molar-refractivity contribution in [3.63, 3.8) is 0 Å². The van der Waals surface area contributed by atoms with Gasteiger partial charge in [-0.25, -0.2) is 0 Å². The maximum atomic E-state index is 6.32. The minimum Gasteiger partial charge on any atom is -0.493 e. The van der Waals surface area contributed by atoms with Crippen LogP contribution in [0.25, 0.3) is 0 Å². The zero-order valence-corrected chi connectivity index (χ0v) is 23.6. The van der Waals surface area contributed by atoms with E-state index in [1.165, 1.54) is 42.4 Å². The second kappa shape index (κ2) is 16.0. The summed E-state index contributed by atoms with van der Waals surface area (Å²) in [6, 6.07) is 6.85. The minimum absolute atomic E-state index is 0.0775. The second-order valence-electron chi connectivity index (χ2n) is 10.0. The number of allylic oxidation sites excluding steroid dienone is 2. The standard InChI is InChI=1S/C22H34O.C7H14O.C2H6/c1-6-16(4)20(7-2)21(8-3)18-14-13-17(5)22(15-18)23-19-11-9-10-12-19;1-6(2)8-7(3,4)5;1-2/h13-15,19-21H,4,6-12H2,1-3,5H3;1H2,2-5H3;1-2H3. The monoisotopic (exact) mass is 458 g/mol. The number of rotatable bonds is 9. The first-order valence-electron chi connectivity index (χ1n) is 13.3. The molecular formula is C31H54O2. The molecule has 1 saturated carbocycles. The molecule has 2 nitrogen and oxygen atoms in total. The molecule has 1 fully saturated rings. The number of aryl methyl sites for hydroxylation is 1. The summed E-state index contributed by atoms with van der Waals surface area (Å²) in [7, 11) is 0. The molecule has 0 aromatic heterocycles. The summed E-state index contributed by atoms with van der Waals surface area (Å²) in [6.07, 6.45) is 8.88. The number of benzene rings is 1. The molecule has 2 atom stereocenters. The van der Waals surface area contributed by atoms with Crippen molar-refractivity contribution in [3.8, 4) is 5.75 Å². The Morgan fingerprint density at radius 2 is 1.61 bits per heavy atom. The van der Waals surface area contributed by atoms with Crippen LogP contribution in [-0.2, 0) is 4.74 Å². The van der Waals surface area contributed by atoms with Gasteiger partial charge in [0.15, 0.2) is 0 Å². The molecule has 1 aromatic rings. The van der Waals surface area contributed by atoms with E-state index in [9.17, 15) is 0 Å². The molecule has 0 spiro atoms. The first-order chi connectivity index (χ1) is 15.5. The lowest BCUT2D eigenvalue weighted by molar-refractivity contribution is 0.0544. The normalized spacial score (nSPS) is 15.3. The lowest BCUT2D eigenvalue weighted by Gasteiger charge is -2.28. The highest BCUT2D eigenvalue weighted by Crippen LogP contribution is 2.38. The van der Waals surface area contributed by atoms with Gasteiger partial charge in [-0.05, 0) is 109 Å². The highest BCUT2D eigenvalue weighted by molar-refractivity contribution is 5.39. The molecule has 1 aliphatic carbocycles. The quantitative estimate of drug-likeness (QED) is 0.270. The number of ether oxygens (including phenoxy) is 2. The first kappa shape index (κ1) is 31.3. The highest BCUT2D eigenvalue weighted by atomic mass is 16.5. The molecular weight excluding hydrogens is 404 g/mol. The van der Waals surface area contributed by atoms with Gasteiger partial charge in [-0.2, -0.15) is 0 Å². The predicted octanol–water partition coefficient (Wildman–Crippen LogP) is 10.2. The molecule has 190 valence electrons. The Hall–Kier alpha value is -1.70. The summed E-state index contributed by atoms with van der Waals surface area (Å²) >= 11 is 0. The highest BCUT2D eigenvalue weighted by Gasteiger charge is 2.24. The average Bonchev–Trinajstić information content (AvgIpc) is 3.26. The van der Waals surface area contributed by atoms with Crippen LogP contribution in [0.3, 0.4) is 0 Å². The zero-order chi connectivity index (χ0) is 25.6. The lowest BCUT2D eigenvalue weighted by Crippen LogP contribution is -2.17. The molecule has 0 bridgehead atoms. The van der Waals surface area contributed by atoms with Gasteiger partial charge < -0.3 is 9.47 Å². The molecule has 33 heavy (non-hydrogen) atoms.